The van der Waals surface area contributed by atoms with Gasteiger partial charge in [-0.1, -0.05) is 18.2 Å². The van der Waals surface area contributed by atoms with Gasteiger partial charge in [-0.3, -0.25) is 4.79 Å². The lowest BCUT2D eigenvalue weighted by atomic mass is 9.99. The molecule has 2 aliphatic rings. The first-order valence-corrected chi connectivity index (χ1v) is 6.62. The van der Waals surface area contributed by atoms with Crippen molar-refractivity contribution in [1.82, 2.24) is 4.90 Å². The zero-order valence-electron chi connectivity index (χ0n) is 10.7. The maximum absolute atomic E-state index is 12.6. The number of fused-ring (bicyclic) bond motifs is 1. The Kier molecular flexibility index (Phi) is 3.40. The maximum atomic E-state index is 12.6. The van der Waals surface area contributed by atoms with Crippen molar-refractivity contribution in [2.45, 2.75) is 12.0 Å². The lowest BCUT2D eigenvalue weighted by Gasteiger charge is -2.33. The second-order valence-corrected chi connectivity index (χ2v) is 4.91. The zero-order valence-corrected chi connectivity index (χ0v) is 10.7. The van der Waals surface area contributed by atoms with Crippen LogP contribution in [0.1, 0.15) is 11.5 Å². The number of morpholine rings is 1. The number of hydrogen-bond acceptors (Lipinski definition) is 4. The number of nitrogens with zero attached hydrogens (tertiary/aromatic N) is 1. The molecule has 0 aromatic heterocycles. The Balaban J connectivity index is 1.75. The molecular weight excluding hydrogens is 244 g/mol. The van der Waals surface area contributed by atoms with Crippen LogP contribution in [-0.4, -0.2) is 49.8 Å². The van der Waals surface area contributed by atoms with Crippen molar-refractivity contribution in [2.75, 3.05) is 32.8 Å². The van der Waals surface area contributed by atoms with E-state index >= 15 is 0 Å². The highest BCUT2D eigenvalue weighted by Crippen LogP contribution is 2.34. The Morgan fingerprint density at radius 3 is 3.11 bits per heavy atom. The molecule has 1 aromatic rings. The SMILES string of the molecule is NC[C@H]1CN(C(=O)[C@@H]2COc3ccccc32)CCO1. The van der Waals surface area contributed by atoms with Crippen molar-refractivity contribution < 1.29 is 14.3 Å². The van der Waals surface area contributed by atoms with Gasteiger partial charge in [0.1, 0.15) is 18.3 Å². The van der Waals surface area contributed by atoms with Gasteiger partial charge < -0.3 is 20.1 Å². The molecule has 0 aliphatic carbocycles. The van der Waals surface area contributed by atoms with Gasteiger partial charge in [-0.2, -0.15) is 0 Å². The molecule has 5 nitrogen and oxygen atoms in total. The molecule has 102 valence electrons. The van der Waals surface area contributed by atoms with Gasteiger partial charge in [0.25, 0.3) is 0 Å². The van der Waals surface area contributed by atoms with Crippen LogP contribution in [0.4, 0.5) is 0 Å². The molecule has 2 N–H and O–H groups in total. The van der Waals surface area contributed by atoms with Crippen molar-refractivity contribution in [3.63, 3.8) is 0 Å². The second-order valence-electron chi connectivity index (χ2n) is 4.91. The fourth-order valence-corrected chi connectivity index (χ4v) is 2.65. The van der Waals surface area contributed by atoms with Crippen LogP contribution in [0.25, 0.3) is 0 Å². The summed E-state index contributed by atoms with van der Waals surface area (Å²) in [5.41, 5.74) is 6.60. The third-order valence-electron chi connectivity index (χ3n) is 3.71. The molecule has 1 amide bonds. The molecule has 19 heavy (non-hydrogen) atoms. The molecule has 2 aliphatic heterocycles. The minimum absolute atomic E-state index is 0.0461. The summed E-state index contributed by atoms with van der Waals surface area (Å²) in [5, 5.41) is 0. The number of amides is 1. The first-order valence-electron chi connectivity index (χ1n) is 6.62. The third kappa shape index (κ3) is 2.31. The Labute approximate surface area is 112 Å². The predicted molar refractivity (Wildman–Crippen MR) is 70.1 cm³/mol. The Hall–Kier alpha value is -1.59. The number of carbonyl (C=O) groups is 1. The van der Waals surface area contributed by atoms with E-state index in [0.29, 0.717) is 32.8 Å². The topological polar surface area (TPSA) is 64.8 Å². The smallest absolute Gasteiger partial charge is 0.233 e. The third-order valence-corrected chi connectivity index (χ3v) is 3.71. The molecular formula is C14H18N2O3. The summed E-state index contributed by atoms with van der Waals surface area (Å²) in [4.78, 5) is 14.4. The van der Waals surface area contributed by atoms with Crippen LogP contribution < -0.4 is 10.5 Å². The number of carbonyl (C=O) groups excluding carboxylic acids is 1. The second kappa shape index (κ2) is 5.19. The van der Waals surface area contributed by atoms with E-state index in [4.69, 9.17) is 15.2 Å². The van der Waals surface area contributed by atoms with Crippen LogP contribution in [0.15, 0.2) is 24.3 Å². The molecule has 1 aromatic carbocycles. The molecule has 0 unspecified atom stereocenters. The fourth-order valence-electron chi connectivity index (χ4n) is 2.65. The standard InChI is InChI=1S/C14H18N2O3/c15-7-10-8-16(5-6-18-10)14(17)12-9-19-13-4-2-1-3-11(12)13/h1-4,10,12H,5-9,15H2/t10-,12+/m0/s1. The summed E-state index contributed by atoms with van der Waals surface area (Å²) in [6, 6.07) is 7.73. The van der Waals surface area contributed by atoms with Gasteiger partial charge in [-0.15, -0.1) is 0 Å². The number of hydrogen-bond donors (Lipinski definition) is 1. The summed E-state index contributed by atoms with van der Waals surface area (Å²) in [6.45, 7) is 2.65. The molecule has 3 rings (SSSR count). The first kappa shape index (κ1) is 12.4. The lowest BCUT2D eigenvalue weighted by molar-refractivity contribution is -0.140. The van der Waals surface area contributed by atoms with Gasteiger partial charge in [0, 0.05) is 25.2 Å². The summed E-state index contributed by atoms with van der Waals surface area (Å²) in [5.74, 6) is 0.754. The fraction of sp³-hybridized carbons (Fsp3) is 0.500. The van der Waals surface area contributed by atoms with Crippen molar-refractivity contribution in [3.05, 3.63) is 29.8 Å². The predicted octanol–water partition coefficient (Wildman–Crippen LogP) is 0.349. The Morgan fingerprint density at radius 1 is 1.42 bits per heavy atom. The zero-order chi connectivity index (χ0) is 13.2. The summed E-state index contributed by atoms with van der Waals surface area (Å²) in [7, 11) is 0. The summed E-state index contributed by atoms with van der Waals surface area (Å²) < 4.78 is 11.1. The molecule has 0 saturated carbocycles. The van der Waals surface area contributed by atoms with Gasteiger partial charge in [0.15, 0.2) is 0 Å². The largest absolute Gasteiger partial charge is 0.492 e. The summed E-state index contributed by atoms with van der Waals surface area (Å²) >= 11 is 0. The number of para-hydroxylation sites is 1. The number of ether oxygens (including phenoxy) is 2. The van der Waals surface area contributed by atoms with E-state index in [-0.39, 0.29) is 17.9 Å². The van der Waals surface area contributed by atoms with Gasteiger partial charge in [0.2, 0.25) is 5.91 Å². The van der Waals surface area contributed by atoms with Crippen molar-refractivity contribution in [2.24, 2.45) is 5.73 Å². The normalized spacial score (nSPS) is 25.8. The number of rotatable bonds is 2. The van der Waals surface area contributed by atoms with Gasteiger partial charge in [-0.05, 0) is 6.07 Å². The highest BCUT2D eigenvalue weighted by atomic mass is 16.5. The molecule has 0 bridgehead atoms. The first-order chi connectivity index (χ1) is 9.29. The highest BCUT2D eigenvalue weighted by molar-refractivity contribution is 5.85. The molecule has 2 heterocycles. The Morgan fingerprint density at radius 2 is 2.26 bits per heavy atom. The molecule has 1 fully saturated rings. The van der Waals surface area contributed by atoms with Gasteiger partial charge in [0.05, 0.1) is 12.7 Å². The van der Waals surface area contributed by atoms with Crippen molar-refractivity contribution >= 4 is 5.91 Å². The quantitative estimate of drug-likeness (QED) is 0.835. The minimum Gasteiger partial charge on any atom is -0.492 e. The Bertz CT molecular complexity index is 478. The highest BCUT2D eigenvalue weighted by Gasteiger charge is 2.35. The minimum atomic E-state index is -0.187. The summed E-state index contributed by atoms with van der Waals surface area (Å²) in [6.07, 6.45) is -0.0461. The van der Waals surface area contributed by atoms with Crippen LogP contribution in [-0.2, 0) is 9.53 Å². The van der Waals surface area contributed by atoms with Crippen LogP contribution in [0.3, 0.4) is 0 Å². The monoisotopic (exact) mass is 262 g/mol. The average molecular weight is 262 g/mol. The van der Waals surface area contributed by atoms with Crippen LogP contribution in [0, 0.1) is 0 Å². The van der Waals surface area contributed by atoms with Gasteiger partial charge in [-0.25, -0.2) is 0 Å². The van der Waals surface area contributed by atoms with E-state index in [1.165, 1.54) is 0 Å². The van der Waals surface area contributed by atoms with Crippen LogP contribution >= 0.6 is 0 Å². The maximum Gasteiger partial charge on any atom is 0.233 e. The van der Waals surface area contributed by atoms with E-state index in [1.807, 2.05) is 29.2 Å². The number of benzene rings is 1. The molecule has 1 saturated heterocycles. The molecule has 0 spiro atoms. The van der Waals surface area contributed by atoms with E-state index < -0.39 is 0 Å². The molecule has 0 radical (unpaired) electrons. The van der Waals surface area contributed by atoms with E-state index in [1.54, 1.807) is 0 Å². The van der Waals surface area contributed by atoms with E-state index in [9.17, 15) is 4.79 Å². The molecule has 5 heteroatoms. The lowest BCUT2D eigenvalue weighted by Crippen LogP contribution is -2.49. The average Bonchev–Trinajstić information content (AvgIpc) is 2.90. The molecule has 2 atom stereocenters. The van der Waals surface area contributed by atoms with Crippen LogP contribution in [0.5, 0.6) is 5.75 Å². The van der Waals surface area contributed by atoms with Gasteiger partial charge >= 0.3 is 0 Å². The van der Waals surface area contributed by atoms with Crippen molar-refractivity contribution in [3.8, 4) is 5.75 Å². The van der Waals surface area contributed by atoms with Crippen molar-refractivity contribution in [1.29, 1.82) is 0 Å². The van der Waals surface area contributed by atoms with Crippen LogP contribution in [0.2, 0.25) is 0 Å². The van der Waals surface area contributed by atoms with E-state index in [2.05, 4.69) is 0 Å². The number of nitrogens with two attached hydrogens (primary N) is 1. The van der Waals surface area contributed by atoms with E-state index in [0.717, 1.165) is 11.3 Å².